The maximum absolute atomic E-state index is 6.36. The van der Waals surface area contributed by atoms with E-state index in [1.54, 1.807) is 16.5 Å². The number of morpholine rings is 1. The largest absolute Gasteiger partial charge is 0.379 e. The van der Waals surface area contributed by atoms with E-state index < -0.39 is 0 Å². The first-order valence-electron chi connectivity index (χ1n) is 7.90. The third kappa shape index (κ3) is 3.61. The van der Waals surface area contributed by atoms with Gasteiger partial charge in [-0.05, 0) is 29.8 Å². The first kappa shape index (κ1) is 17.1. The highest BCUT2D eigenvalue weighted by Gasteiger charge is 2.15. The van der Waals surface area contributed by atoms with E-state index in [0.29, 0.717) is 21.0 Å². The number of nitrogens with zero attached hydrogens (tertiary/aromatic N) is 4. The lowest BCUT2D eigenvalue weighted by Crippen LogP contribution is -2.35. The second kappa shape index (κ2) is 7.09. The maximum atomic E-state index is 6.36. The van der Waals surface area contributed by atoms with Gasteiger partial charge in [-0.1, -0.05) is 23.2 Å². The predicted molar refractivity (Wildman–Crippen MR) is 99.5 cm³/mol. The Bertz CT molecular complexity index is 922. The van der Waals surface area contributed by atoms with Gasteiger partial charge in [-0.25, -0.2) is 9.97 Å². The van der Waals surface area contributed by atoms with Crippen LogP contribution in [0.5, 0.6) is 0 Å². The zero-order valence-corrected chi connectivity index (χ0v) is 15.5. The molecule has 1 aliphatic heterocycles. The van der Waals surface area contributed by atoms with Crippen LogP contribution in [0.4, 0.5) is 0 Å². The molecule has 1 aliphatic rings. The Morgan fingerprint density at radius 3 is 2.60 bits per heavy atom. The average molecular weight is 398 g/mol. The van der Waals surface area contributed by atoms with E-state index in [1.807, 2.05) is 18.3 Å². The molecule has 0 unspecified atom stereocenters. The summed E-state index contributed by atoms with van der Waals surface area (Å²) in [6.07, 6.45) is 1.92. The molecule has 8 heteroatoms. The molecule has 2 aromatic heterocycles. The van der Waals surface area contributed by atoms with Gasteiger partial charge in [-0.2, -0.15) is 0 Å². The Hall–Kier alpha value is -1.37. The monoisotopic (exact) mass is 396 g/mol. The van der Waals surface area contributed by atoms with Crippen molar-refractivity contribution in [1.29, 1.82) is 0 Å². The molecule has 1 aromatic carbocycles. The molecule has 1 fully saturated rings. The number of hydrogen-bond acceptors (Lipinski definition) is 4. The summed E-state index contributed by atoms with van der Waals surface area (Å²) in [5, 5.41) is 1.45. The third-order valence-corrected chi connectivity index (χ3v) is 4.97. The van der Waals surface area contributed by atoms with Gasteiger partial charge in [-0.3, -0.25) is 9.30 Å². The highest BCUT2D eigenvalue weighted by atomic mass is 35.5. The Labute approximate surface area is 160 Å². The van der Waals surface area contributed by atoms with Crippen molar-refractivity contribution in [3.63, 3.8) is 0 Å². The van der Waals surface area contributed by atoms with Crippen LogP contribution >= 0.6 is 34.8 Å². The molecule has 0 atom stereocenters. The summed E-state index contributed by atoms with van der Waals surface area (Å²) in [5.41, 5.74) is 3.13. The van der Waals surface area contributed by atoms with E-state index in [4.69, 9.17) is 39.5 Å². The molecule has 1 saturated heterocycles. The minimum Gasteiger partial charge on any atom is -0.379 e. The third-order valence-electron chi connectivity index (χ3n) is 4.16. The molecule has 25 heavy (non-hydrogen) atoms. The number of rotatable bonds is 3. The van der Waals surface area contributed by atoms with Gasteiger partial charge < -0.3 is 4.74 Å². The van der Waals surface area contributed by atoms with Crippen molar-refractivity contribution in [2.75, 3.05) is 26.3 Å². The van der Waals surface area contributed by atoms with Gasteiger partial charge in [0.2, 0.25) is 5.28 Å². The molecule has 3 heterocycles. The van der Waals surface area contributed by atoms with E-state index in [2.05, 4.69) is 14.9 Å². The fourth-order valence-electron chi connectivity index (χ4n) is 2.90. The summed E-state index contributed by atoms with van der Waals surface area (Å²) >= 11 is 18.6. The van der Waals surface area contributed by atoms with E-state index in [9.17, 15) is 0 Å². The van der Waals surface area contributed by atoms with Gasteiger partial charge in [0.05, 0.1) is 29.6 Å². The van der Waals surface area contributed by atoms with Crippen molar-refractivity contribution in [3.8, 4) is 11.3 Å². The van der Waals surface area contributed by atoms with Crippen LogP contribution in [0.3, 0.4) is 0 Å². The van der Waals surface area contributed by atoms with Crippen LogP contribution in [-0.4, -0.2) is 45.6 Å². The predicted octanol–water partition coefficient (Wildman–Crippen LogP) is 4.19. The first-order chi connectivity index (χ1) is 12.1. The fourth-order valence-corrected chi connectivity index (χ4v) is 3.63. The fraction of sp³-hybridized carbons (Fsp3) is 0.294. The van der Waals surface area contributed by atoms with E-state index in [1.165, 1.54) is 0 Å². The summed E-state index contributed by atoms with van der Waals surface area (Å²) in [7, 11) is 0. The zero-order chi connectivity index (χ0) is 17.4. The molecule has 0 amide bonds. The van der Waals surface area contributed by atoms with Crippen LogP contribution in [0.15, 0.2) is 30.5 Å². The Morgan fingerprint density at radius 2 is 1.84 bits per heavy atom. The van der Waals surface area contributed by atoms with Crippen molar-refractivity contribution in [2.24, 2.45) is 0 Å². The number of ether oxygens (including phenoxy) is 1. The topological polar surface area (TPSA) is 42.7 Å². The Kier molecular flexibility index (Phi) is 4.84. The normalized spacial score (nSPS) is 15.8. The van der Waals surface area contributed by atoms with Crippen molar-refractivity contribution < 1.29 is 4.74 Å². The van der Waals surface area contributed by atoms with Crippen LogP contribution in [0.25, 0.3) is 16.9 Å². The maximum Gasteiger partial charge on any atom is 0.209 e. The van der Waals surface area contributed by atoms with Crippen LogP contribution in [0, 0.1) is 0 Å². The van der Waals surface area contributed by atoms with Crippen molar-refractivity contribution >= 4 is 40.4 Å². The summed E-state index contributed by atoms with van der Waals surface area (Å²) in [6.45, 7) is 4.10. The van der Waals surface area contributed by atoms with Gasteiger partial charge in [0.25, 0.3) is 0 Å². The quantitative estimate of drug-likeness (QED) is 0.622. The Morgan fingerprint density at radius 1 is 1.04 bits per heavy atom. The second-order valence-corrected chi connectivity index (χ2v) is 7.07. The number of benzene rings is 1. The zero-order valence-electron chi connectivity index (χ0n) is 13.3. The lowest BCUT2D eigenvalue weighted by Gasteiger charge is -2.25. The molecule has 5 nitrogen and oxygen atoms in total. The van der Waals surface area contributed by atoms with Crippen LogP contribution < -0.4 is 0 Å². The SMILES string of the molecule is Clc1ccc(-c2cc3nc(CN4CCOCC4)cn3c(Cl)n2)c(Cl)c1. The molecular formula is C17H15Cl3N4O. The molecule has 4 rings (SSSR count). The highest BCUT2D eigenvalue weighted by Crippen LogP contribution is 2.30. The number of imidazole rings is 1. The van der Waals surface area contributed by atoms with Crippen LogP contribution in [0.2, 0.25) is 15.3 Å². The summed E-state index contributed by atoms with van der Waals surface area (Å²) in [6, 6.07) is 7.17. The molecule has 0 bridgehead atoms. The number of hydrogen-bond donors (Lipinski definition) is 0. The minimum atomic E-state index is 0.347. The average Bonchev–Trinajstić information content (AvgIpc) is 2.99. The van der Waals surface area contributed by atoms with Gasteiger partial charge >= 0.3 is 0 Å². The molecule has 0 saturated carbocycles. The number of halogens is 3. The first-order valence-corrected chi connectivity index (χ1v) is 9.03. The van der Waals surface area contributed by atoms with Gasteiger partial charge in [0.15, 0.2) is 0 Å². The van der Waals surface area contributed by atoms with Crippen molar-refractivity contribution in [2.45, 2.75) is 6.54 Å². The second-order valence-electron chi connectivity index (χ2n) is 5.88. The standard InChI is InChI=1S/C17H15Cl3N4O/c18-11-1-2-13(14(19)7-11)15-8-16-21-12(10-24(16)17(20)22-15)9-23-3-5-25-6-4-23/h1-2,7-8,10H,3-6,9H2. The van der Waals surface area contributed by atoms with E-state index in [0.717, 1.165) is 49.8 Å². The van der Waals surface area contributed by atoms with Gasteiger partial charge in [-0.15, -0.1) is 0 Å². The molecule has 130 valence electrons. The summed E-state index contributed by atoms with van der Waals surface area (Å²) in [4.78, 5) is 11.4. The van der Waals surface area contributed by atoms with Crippen LogP contribution in [-0.2, 0) is 11.3 Å². The van der Waals surface area contributed by atoms with E-state index >= 15 is 0 Å². The van der Waals surface area contributed by atoms with Crippen molar-refractivity contribution in [1.82, 2.24) is 19.3 Å². The minimum absolute atomic E-state index is 0.347. The molecule has 0 spiro atoms. The van der Waals surface area contributed by atoms with Gasteiger partial charge in [0.1, 0.15) is 5.65 Å². The summed E-state index contributed by atoms with van der Waals surface area (Å²) in [5.74, 6) is 0. The lowest BCUT2D eigenvalue weighted by molar-refractivity contribution is 0.0337. The number of aromatic nitrogens is 3. The smallest absolute Gasteiger partial charge is 0.209 e. The number of fused-ring (bicyclic) bond motifs is 1. The lowest BCUT2D eigenvalue weighted by atomic mass is 10.1. The molecule has 3 aromatic rings. The van der Waals surface area contributed by atoms with Crippen LogP contribution in [0.1, 0.15) is 5.69 Å². The Balaban J connectivity index is 1.69. The molecule has 0 radical (unpaired) electrons. The van der Waals surface area contributed by atoms with Crippen molar-refractivity contribution in [3.05, 3.63) is 51.5 Å². The molecule has 0 N–H and O–H groups in total. The highest BCUT2D eigenvalue weighted by molar-refractivity contribution is 6.36. The van der Waals surface area contributed by atoms with Gasteiger partial charge in [0, 0.05) is 42.5 Å². The van der Waals surface area contributed by atoms with E-state index in [-0.39, 0.29) is 0 Å². The molecular weight excluding hydrogens is 383 g/mol. The molecule has 0 aliphatic carbocycles. The summed E-state index contributed by atoms with van der Waals surface area (Å²) < 4.78 is 7.16.